The molecule has 0 spiro atoms. The highest BCUT2D eigenvalue weighted by atomic mass is 35.5. The van der Waals surface area contributed by atoms with Gasteiger partial charge in [-0.1, -0.05) is 11.6 Å². The number of rotatable bonds is 7. The van der Waals surface area contributed by atoms with E-state index in [1.807, 2.05) is 0 Å². The molecule has 7 nitrogen and oxygen atoms in total. The molecule has 1 atom stereocenters. The molecule has 3 rings (SSSR count). The van der Waals surface area contributed by atoms with Crippen molar-refractivity contribution in [2.24, 2.45) is 0 Å². The lowest BCUT2D eigenvalue weighted by atomic mass is 10.2. The maximum atomic E-state index is 13.4. The van der Waals surface area contributed by atoms with Crippen LogP contribution < -0.4 is 10.0 Å². The fourth-order valence-corrected chi connectivity index (χ4v) is 4.08. The number of hydrogen-bond donors (Lipinski definition) is 2. The molecule has 14 heteroatoms. The summed E-state index contributed by atoms with van der Waals surface area (Å²) >= 11 is 5.84. The summed E-state index contributed by atoms with van der Waals surface area (Å²) < 4.78 is 96.9. The Hall–Kier alpha value is -3.71. The summed E-state index contributed by atoms with van der Waals surface area (Å²) in [5.41, 5.74) is -1.49. The van der Waals surface area contributed by atoms with Gasteiger partial charge in [0, 0.05) is 5.69 Å². The number of benzene rings is 3. The monoisotopic (exact) mass is 562 g/mol. The molecule has 1 unspecified atom stereocenters. The minimum atomic E-state index is -4.67. The largest absolute Gasteiger partial charge is 0.449 e. The third kappa shape index (κ3) is 6.95. The van der Waals surface area contributed by atoms with Crippen LogP contribution in [0.5, 0.6) is 0 Å². The number of amides is 1. The van der Waals surface area contributed by atoms with E-state index >= 15 is 0 Å². The molecule has 2 N–H and O–H groups in total. The Morgan fingerprint density at radius 3 is 2.19 bits per heavy atom. The normalized spacial score (nSPS) is 12.5. The summed E-state index contributed by atoms with van der Waals surface area (Å²) in [5, 5.41) is 2.00. The Balaban J connectivity index is 1.64. The van der Waals surface area contributed by atoms with Crippen LogP contribution in [-0.4, -0.2) is 26.4 Å². The SMILES string of the molecule is CC(OC(=O)c1ccc(NS(=O)(=O)c2ccc(F)c(F)c2)cc1)C(=O)Nc1cc(C(F)(F)F)ccc1Cl. The summed E-state index contributed by atoms with van der Waals surface area (Å²) in [6, 6.07) is 9.05. The van der Waals surface area contributed by atoms with E-state index in [4.69, 9.17) is 16.3 Å². The molecule has 0 saturated carbocycles. The summed E-state index contributed by atoms with van der Waals surface area (Å²) in [4.78, 5) is 24.2. The summed E-state index contributed by atoms with van der Waals surface area (Å²) in [5.74, 6) is -4.52. The number of anilines is 2. The zero-order valence-corrected chi connectivity index (χ0v) is 20.1. The van der Waals surface area contributed by atoms with Crippen molar-refractivity contribution in [3.8, 4) is 0 Å². The second-order valence-corrected chi connectivity index (χ2v) is 9.58. The molecule has 37 heavy (non-hydrogen) atoms. The Bertz CT molecular complexity index is 1450. The van der Waals surface area contributed by atoms with E-state index in [1.54, 1.807) is 0 Å². The number of hydrogen-bond acceptors (Lipinski definition) is 5. The number of halogens is 6. The predicted octanol–water partition coefficient (Wildman–Crippen LogP) is 5.62. The fourth-order valence-electron chi connectivity index (χ4n) is 2.85. The van der Waals surface area contributed by atoms with Crippen LogP contribution in [0.1, 0.15) is 22.8 Å². The average Bonchev–Trinajstić information content (AvgIpc) is 2.81. The van der Waals surface area contributed by atoms with Gasteiger partial charge in [-0.2, -0.15) is 13.2 Å². The van der Waals surface area contributed by atoms with Crippen LogP contribution >= 0.6 is 11.6 Å². The molecule has 3 aromatic rings. The Morgan fingerprint density at radius 1 is 0.946 bits per heavy atom. The number of alkyl halides is 3. The van der Waals surface area contributed by atoms with Gasteiger partial charge in [0.1, 0.15) is 0 Å². The third-order valence-corrected chi connectivity index (χ3v) is 6.49. The summed E-state index contributed by atoms with van der Waals surface area (Å²) in [6.07, 6.45) is -6.11. The van der Waals surface area contributed by atoms with Gasteiger partial charge in [-0.3, -0.25) is 9.52 Å². The van der Waals surface area contributed by atoms with E-state index in [1.165, 1.54) is 31.2 Å². The van der Waals surface area contributed by atoms with Gasteiger partial charge in [-0.05, 0) is 67.6 Å². The van der Waals surface area contributed by atoms with Crippen LogP contribution in [0.3, 0.4) is 0 Å². The molecule has 0 aliphatic carbocycles. The molecule has 0 fully saturated rings. The van der Waals surface area contributed by atoms with Crippen LogP contribution in [0.25, 0.3) is 0 Å². The van der Waals surface area contributed by atoms with Crippen LogP contribution in [0.4, 0.5) is 33.3 Å². The van der Waals surface area contributed by atoms with Gasteiger partial charge in [0.2, 0.25) is 0 Å². The van der Waals surface area contributed by atoms with E-state index in [2.05, 4.69) is 10.0 Å². The van der Waals surface area contributed by atoms with Gasteiger partial charge in [0.15, 0.2) is 17.7 Å². The zero-order chi connectivity index (χ0) is 27.5. The second-order valence-electron chi connectivity index (χ2n) is 7.49. The van der Waals surface area contributed by atoms with E-state index in [0.29, 0.717) is 18.2 Å². The van der Waals surface area contributed by atoms with Crippen LogP contribution in [0.2, 0.25) is 5.02 Å². The first-order chi connectivity index (χ1) is 17.2. The maximum Gasteiger partial charge on any atom is 0.416 e. The molecule has 0 aliphatic rings. The van der Waals surface area contributed by atoms with Crippen molar-refractivity contribution in [2.45, 2.75) is 24.1 Å². The molecule has 0 radical (unpaired) electrons. The van der Waals surface area contributed by atoms with Gasteiger partial charge in [-0.15, -0.1) is 0 Å². The number of ether oxygens (including phenoxy) is 1. The molecule has 0 saturated heterocycles. The molecule has 196 valence electrons. The van der Waals surface area contributed by atoms with Crippen LogP contribution in [0.15, 0.2) is 65.6 Å². The van der Waals surface area contributed by atoms with Crippen LogP contribution in [0, 0.1) is 11.6 Å². The van der Waals surface area contributed by atoms with E-state index < -0.39 is 56.3 Å². The lowest BCUT2D eigenvalue weighted by Gasteiger charge is -2.16. The predicted molar refractivity (Wildman–Crippen MR) is 124 cm³/mol. The van der Waals surface area contributed by atoms with Crippen molar-refractivity contribution in [1.82, 2.24) is 0 Å². The molecule has 0 aliphatic heterocycles. The van der Waals surface area contributed by atoms with Gasteiger partial charge < -0.3 is 10.1 Å². The Kier molecular flexibility index (Phi) is 8.08. The average molecular weight is 563 g/mol. The Morgan fingerprint density at radius 2 is 1.59 bits per heavy atom. The lowest BCUT2D eigenvalue weighted by Crippen LogP contribution is -2.30. The molecular formula is C23H16ClF5N2O5S. The first-order valence-electron chi connectivity index (χ1n) is 10.1. The zero-order valence-electron chi connectivity index (χ0n) is 18.6. The number of sulfonamides is 1. The van der Waals surface area contributed by atoms with Gasteiger partial charge in [-0.25, -0.2) is 22.0 Å². The van der Waals surface area contributed by atoms with E-state index in [-0.39, 0.29) is 22.0 Å². The molecule has 0 bridgehead atoms. The minimum Gasteiger partial charge on any atom is -0.449 e. The fraction of sp³-hybridized carbons (Fsp3) is 0.130. The molecule has 3 aromatic carbocycles. The van der Waals surface area contributed by atoms with Gasteiger partial charge in [0.25, 0.3) is 15.9 Å². The molecule has 1 amide bonds. The van der Waals surface area contributed by atoms with E-state index in [9.17, 15) is 40.0 Å². The topological polar surface area (TPSA) is 102 Å². The standard InChI is InChI=1S/C23H16ClF5N2O5S/c1-12(21(32)30-20-10-14(23(27,28)29)4-8-17(20)24)36-22(33)13-2-5-15(6-3-13)31-37(34,35)16-7-9-18(25)19(26)11-16/h2-12,31H,1H3,(H,30,32). The minimum absolute atomic E-state index is 0.0220. The molecular weight excluding hydrogens is 547 g/mol. The van der Waals surface area contributed by atoms with Crippen molar-refractivity contribution < 1.29 is 44.7 Å². The highest BCUT2D eigenvalue weighted by molar-refractivity contribution is 7.92. The smallest absolute Gasteiger partial charge is 0.416 e. The maximum absolute atomic E-state index is 13.4. The van der Waals surface area contributed by atoms with E-state index in [0.717, 1.165) is 18.2 Å². The number of esters is 1. The first kappa shape index (κ1) is 27.9. The van der Waals surface area contributed by atoms with Crippen molar-refractivity contribution in [2.75, 3.05) is 10.0 Å². The lowest BCUT2D eigenvalue weighted by molar-refractivity contribution is -0.137. The third-order valence-electron chi connectivity index (χ3n) is 4.78. The molecule has 0 aromatic heterocycles. The highest BCUT2D eigenvalue weighted by Gasteiger charge is 2.31. The quantitative estimate of drug-likeness (QED) is 0.287. The highest BCUT2D eigenvalue weighted by Crippen LogP contribution is 2.34. The summed E-state index contributed by atoms with van der Waals surface area (Å²) in [7, 11) is -4.27. The van der Waals surface area contributed by atoms with Crippen molar-refractivity contribution >= 4 is 44.9 Å². The summed E-state index contributed by atoms with van der Waals surface area (Å²) in [6.45, 7) is 1.18. The second kappa shape index (κ2) is 10.7. The van der Waals surface area contributed by atoms with Crippen molar-refractivity contribution in [3.05, 3.63) is 88.4 Å². The number of nitrogens with one attached hydrogen (secondary N) is 2. The van der Waals surface area contributed by atoms with Gasteiger partial charge in [0.05, 0.1) is 26.7 Å². The van der Waals surface area contributed by atoms with Gasteiger partial charge >= 0.3 is 12.1 Å². The van der Waals surface area contributed by atoms with Crippen molar-refractivity contribution in [3.63, 3.8) is 0 Å². The molecule has 0 heterocycles. The van der Waals surface area contributed by atoms with Crippen LogP contribution in [-0.2, 0) is 25.7 Å². The number of carbonyl (C=O) groups excluding carboxylic acids is 2. The Labute approximate surface area is 212 Å². The number of carbonyl (C=O) groups is 2. The van der Waals surface area contributed by atoms with Crippen molar-refractivity contribution in [1.29, 1.82) is 0 Å². The first-order valence-corrected chi connectivity index (χ1v) is 12.0.